The molecule has 142 valence electrons. The first-order valence-corrected chi connectivity index (χ1v) is 7.76. The zero-order chi connectivity index (χ0) is 19.9. The summed E-state index contributed by atoms with van der Waals surface area (Å²) in [5.74, 6) is -1.32. The predicted octanol–water partition coefficient (Wildman–Crippen LogP) is 2.21. The lowest BCUT2D eigenvalue weighted by atomic mass is 10.4. The minimum atomic E-state index is -0.489. The van der Waals surface area contributed by atoms with Gasteiger partial charge in [0.2, 0.25) is 0 Å². The SMILES string of the molecule is C=C(C)C(=O)OCCOC(=O)C(=C)C.CCOC(=O)C=Cc1cnc[nH]1. The lowest BCUT2D eigenvalue weighted by molar-refractivity contribution is -0.147. The molecule has 0 aromatic carbocycles. The number of nitrogens with zero attached hydrogens (tertiary/aromatic N) is 1. The van der Waals surface area contributed by atoms with Gasteiger partial charge in [-0.25, -0.2) is 19.4 Å². The maximum absolute atomic E-state index is 10.8. The number of carbonyl (C=O) groups excluding carboxylic acids is 3. The topological polar surface area (TPSA) is 108 Å². The fraction of sp³-hybridized carbons (Fsp3) is 0.333. The number of aromatic amines is 1. The first kappa shape index (κ1) is 22.8. The van der Waals surface area contributed by atoms with Gasteiger partial charge < -0.3 is 19.2 Å². The maximum atomic E-state index is 10.8. The van der Waals surface area contributed by atoms with Crippen LogP contribution in [-0.4, -0.2) is 47.7 Å². The van der Waals surface area contributed by atoms with Gasteiger partial charge >= 0.3 is 17.9 Å². The summed E-state index contributed by atoms with van der Waals surface area (Å²) in [7, 11) is 0. The molecule has 0 atom stereocenters. The molecule has 0 aliphatic carbocycles. The number of nitrogens with one attached hydrogen (secondary N) is 1. The molecular weight excluding hydrogens is 340 g/mol. The minimum Gasteiger partial charge on any atom is -0.463 e. The molecule has 0 fully saturated rings. The second kappa shape index (κ2) is 13.2. The van der Waals surface area contributed by atoms with Gasteiger partial charge in [-0.15, -0.1) is 0 Å². The average molecular weight is 364 g/mol. The quantitative estimate of drug-likeness (QED) is 0.326. The fourth-order valence-corrected chi connectivity index (χ4v) is 1.22. The minimum absolute atomic E-state index is 0.0325. The van der Waals surface area contributed by atoms with Crippen molar-refractivity contribution in [2.75, 3.05) is 19.8 Å². The van der Waals surface area contributed by atoms with Gasteiger partial charge in [0.05, 0.1) is 24.8 Å². The van der Waals surface area contributed by atoms with Gasteiger partial charge in [0, 0.05) is 17.2 Å². The number of aromatic nitrogens is 2. The van der Waals surface area contributed by atoms with Crippen molar-refractivity contribution in [1.29, 1.82) is 0 Å². The van der Waals surface area contributed by atoms with Crippen LogP contribution in [-0.2, 0) is 28.6 Å². The first-order chi connectivity index (χ1) is 12.3. The van der Waals surface area contributed by atoms with Gasteiger partial charge in [-0.2, -0.15) is 0 Å². The summed E-state index contributed by atoms with van der Waals surface area (Å²) in [6.07, 6.45) is 6.14. The van der Waals surface area contributed by atoms with Gasteiger partial charge in [0.15, 0.2) is 0 Å². The van der Waals surface area contributed by atoms with Crippen LogP contribution in [0.4, 0.5) is 0 Å². The highest BCUT2D eigenvalue weighted by Gasteiger charge is 2.05. The molecule has 0 amide bonds. The van der Waals surface area contributed by atoms with E-state index in [9.17, 15) is 14.4 Å². The summed E-state index contributed by atoms with van der Waals surface area (Å²) < 4.78 is 14.1. The zero-order valence-corrected chi connectivity index (χ0v) is 15.2. The van der Waals surface area contributed by atoms with Crippen LogP contribution < -0.4 is 0 Å². The Hall–Kier alpha value is -3.16. The Morgan fingerprint density at radius 2 is 1.62 bits per heavy atom. The molecule has 0 saturated carbocycles. The smallest absolute Gasteiger partial charge is 0.333 e. The van der Waals surface area contributed by atoms with E-state index in [1.165, 1.54) is 6.08 Å². The van der Waals surface area contributed by atoms with E-state index in [-0.39, 0.29) is 19.2 Å². The van der Waals surface area contributed by atoms with E-state index in [0.717, 1.165) is 5.69 Å². The Balaban J connectivity index is 0.000000485. The third kappa shape index (κ3) is 11.4. The van der Waals surface area contributed by atoms with Gasteiger partial charge in [0.1, 0.15) is 13.2 Å². The van der Waals surface area contributed by atoms with E-state index in [4.69, 9.17) is 0 Å². The molecule has 8 heteroatoms. The second-order valence-corrected chi connectivity index (χ2v) is 4.92. The standard InChI is InChI=1S/C10H14O4.C8H10N2O2/c1-7(2)9(11)13-5-6-14-10(12)8(3)4;1-2-12-8(11)4-3-7-5-9-6-10-7/h1,3,5-6H2,2,4H3;3-6H,2H2,1H3,(H,9,10). The molecule has 0 radical (unpaired) electrons. The molecule has 1 rings (SSSR count). The Labute approximate surface area is 152 Å². The molecule has 8 nitrogen and oxygen atoms in total. The number of hydrogen-bond donors (Lipinski definition) is 1. The lowest BCUT2D eigenvalue weighted by Crippen LogP contribution is -2.14. The van der Waals surface area contributed by atoms with E-state index in [1.54, 1.807) is 39.4 Å². The number of rotatable bonds is 8. The maximum Gasteiger partial charge on any atom is 0.333 e. The fourth-order valence-electron chi connectivity index (χ4n) is 1.22. The van der Waals surface area contributed by atoms with Crippen LogP contribution in [0.15, 0.2) is 42.9 Å². The average Bonchev–Trinajstić information content (AvgIpc) is 3.10. The van der Waals surface area contributed by atoms with Crippen LogP contribution in [0.2, 0.25) is 0 Å². The first-order valence-electron chi connectivity index (χ1n) is 7.76. The Morgan fingerprint density at radius 3 is 2.00 bits per heavy atom. The number of ether oxygens (including phenoxy) is 3. The highest BCUT2D eigenvalue weighted by molar-refractivity contribution is 5.87. The number of H-pyrrole nitrogens is 1. The summed E-state index contributed by atoms with van der Waals surface area (Å²) in [4.78, 5) is 39.1. The molecule has 0 saturated heterocycles. The molecule has 0 unspecified atom stereocenters. The zero-order valence-electron chi connectivity index (χ0n) is 15.2. The highest BCUT2D eigenvalue weighted by atomic mass is 16.6. The van der Waals surface area contributed by atoms with Crippen LogP contribution in [0, 0.1) is 0 Å². The summed E-state index contributed by atoms with van der Waals surface area (Å²) in [5.41, 5.74) is 1.41. The number of hydrogen-bond acceptors (Lipinski definition) is 7. The molecule has 1 aromatic rings. The highest BCUT2D eigenvalue weighted by Crippen LogP contribution is 1.95. The van der Waals surface area contributed by atoms with Gasteiger partial charge in [0.25, 0.3) is 0 Å². The molecule has 1 aromatic heterocycles. The van der Waals surface area contributed by atoms with Crippen molar-refractivity contribution in [2.24, 2.45) is 0 Å². The van der Waals surface area contributed by atoms with Gasteiger partial charge in [-0.1, -0.05) is 13.2 Å². The third-order valence-electron chi connectivity index (χ3n) is 2.45. The van der Waals surface area contributed by atoms with Crippen LogP contribution in [0.3, 0.4) is 0 Å². The number of imidazole rings is 1. The molecule has 0 spiro atoms. The molecule has 0 aliphatic rings. The van der Waals surface area contributed by atoms with Crippen molar-refractivity contribution in [3.8, 4) is 0 Å². The Morgan fingerprint density at radius 1 is 1.08 bits per heavy atom. The Kier molecular flexibility index (Phi) is 11.6. The normalized spacial score (nSPS) is 9.65. The summed E-state index contributed by atoms with van der Waals surface area (Å²) in [6, 6.07) is 0. The van der Waals surface area contributed by atoms with Crippen molar-refractivity contribution >= 4 is 24.0 Å². The molecule has 1 N–H and O–H groups in total. The van der Waals surface area contributed by atoms with Crippen molar-refractivity contribution < 1.29 is 28.6 Å². The van der Waals surface area contributed by atoms with Crippen LogP contribution in [0.1, 0.15) is 26.5 Å². The van der Waals surface area contributed by atoms with E-state index in [1.807, 2.05) is 0 Å². The predicted molar refractivity (Wildman–Crippen MR) is 95.8 cm³/mol. The lowest BCUT2D eigenvalue weighted by Gasteiger charge is -2.05. The molecule has 0 aliphatic heterocycles. The number of carbonyl (C=O) groups is 3. The Bertz CT molecular complexity index is 619. The van der Waals surface area contributed by atoms with Crippen molar-refractivity contribution in [1.82, 2.24) is 9.97 Å². The molecule has 0 bridgehead atoms. The van der Waals surface area contributed by atoms with Crippen molar-refractivity contribution in [2.45, 2.75) is 20.8 Å². The van der Waals surface area contributed by atoms with Gasteiger partial charge in [-0.3, -0.25) is 0 Å². The van der Waals surface area contributed by atoms with Crippen molar-refractivity contribution in [3.63, 3.8) is 0 Å². The summed E-state index contributed by atoms with van der Waals surface area (Å²) >= 11 is 0. The van der Waals surface area contributed by atoms with Crippen LogP contribution in [0.25, 0.3) is 6.08 Å². The van der Waals surface area contributed by atoms with E-state index < -0.39 is 11.9 Å². The largest absolute Gasteiger partial charge is 0.463 e. The van der Waals surface area contributed by atoms with Gasteiger partial charge in [-0.05, 0) is 26.8 Å². The van der Waals surface area contributed by atoms with Crippen LogP contribution in [0.5, 0.6) is 0 Å². The number of esters is 3. The van der Waals surface area contributed by atoms with E-state index >= 15 is 0 Å². The molecule has 26 heavy (non-hydrogen) atoms. The molecule has 1 heterocycles. The van der Waals surface area contributed by atoms with Crippen LogP contribution >= 0.6 is 0 Å². The van der Waals surface area contributed by atoms with E-state index in [0.29, 0.717) is 17.8 Å². The summed E-state index contributed by atoms with van der Waals surface area (Å²) in [6.45, 7) is 12.1. The molecular formula is C18H24N2O6. The third-order valence-corrected chi connectivity index (χ3v) is 2.45. The monoisotopic (exact) mass is 364 g/mol. The second-order valence-electron chi connectivity index (χ2n) is 4.92. The summed E-state index contributed by atoms with van der Waals surface area (Å²) in [5, 5.41) is 0. The van der Waals surface area contributed by atoms with E-state index in [2.05, 4.69) is 37.3 Å². The van der Waals surface area contributed by atoms with Crippen molar-refractivity contribution in [3.05, 3.63) is 48.6 Å².